The quantitative estimate of drug-likeness (QED) is 0.393. The molecule has 0 aliphatic heterocycles. The van der Waals surface area contributed by atoms with Crippen molar-refractivity contribution in [3.05, 3.63) is 59.3 Å². The zero-order valence-corrected chi connectivity index (χ0v) is 16.4. The number of nitrogens with one attached hydrogen (secondary N) is 3. The molecule has 0 bridgehead atoms. The Balaban J connectivity index is 1.48. The first-order valence-corrected chi connectivity index (χ1v) is 9.23. The maximum Gasteiger partial charge on any atom is 0.320 e. The van der Waals surface area contributed by atoms with Gasteiger partial charge in [-0.05, 0) is 24.6 Å². The third kappa shape index (κ3) is 3.98. The molecule has 5 N–H and O–H groups in total. The largest absolute Gasteiger partial charge is 0.368 e. The summed E-state index contributed by atoms with van der Waals surface area (Å²) >= 11 is 5.80. The Kier molecular flexibility index (Phi) is 5.15. The zero-order chi connectivity index (χ0) is 21.3. The molecule has 0 fully saturated rings. The Morgan fingerprint density at radius 1 is 1.20 bits per heavy atom. The lowest BCUT2D eigenvalue weighted by Gasteiger charge is -2.15. The second kappa shape index (κ2) is 7.91. The second-order valence-electron chi connectivity index (χ2n) is 6.51. The molecule has 0 spiro atoms. The van der Waals surface area contributed by atoms with Crippen LogP contribution in [0.5, 0.6) is 0 Å². The van der Waals surface area contributed by atoms with Crippen molar-refractivity contribution in [3.8, 4) is 11.3 Å². The van der Waals surface area contributed by atoms with Crippen LogP contribution in [0.4, 0.5) is 21.0 Å². The Bertz CT molecular complexity index is 1230. The molecule has 0 aliphatic carbocycles. The van der Waals surface area contributed by atoms with Crippen molar-refractivity contribution in [3.63, 3.8) is 0 Å². The van der Waals surface area contributed by atoms with Gasteiger partial charge in [0.25, 0.3) is 0 Å². The number of anilines is 2. The van der Waals surface area contributed by atoms with Crippen LogP contribution in [0.25, 0.3) is 22.2 Å². The Labute approximate surface area is 174 Å². The molecule has 1 aromatic carbocycles. The van der Waals surface area contributed by atoms with Gasteiger partial charge >= 0.3 is 6.03 Å². The highest BCUT2D eigenvalue weighted by Crippen LogP contribution is 2.26. The number of H-pyrrole nitrogens is 1. The van der Waals surface area contributed by atoms with Crippen molar-refractivity contribution in [1.29, 1.82) is 0 Å². The summed E-state index contributed by atoms with van der Waals surface area (Å²) in [5.41, 5.74) is 8.16. The molecule has 0 saturated carbocycles. The molecule has 4 aromatic rings. The number of carbonyl (C=O) groups excluding carboxylic acids is 1. The summed E-state index contributed by atoms with van der Waals surface area (Å²) < 4.78 is 13.3. The summed E-state index contributed by atoms with van der Waals surface area (Å²) in [4.78, 5) is 24.5. The molecule has 2 amide bonds. The molecular weight excluding hydrogens is 411 g/mol. The predicted octanol–water partition coefficient (Wildman–Crippen LogP) is 3.67. The number of halogens is 2. The number of rotatable bonds is 4. The first-order chi connectivity index (χ1) is 14.4. The molecule has 9 nitrogen and oxygen atoms in total. The van der Waals surface area contributed by atoms with E-state index in [9.17, 15) is 9.18 Å². The van der Waals surface area contributed by atoms with Crippen LogP contribution in [0.15, 0.2) is 42.9 Å². The van der Waals surface area contributed by atoms with Crippen LogP contribution >= 0.6 is 11.6 Å². The van der Waals surface area contributed by atoms with Crippen LogP contribution in [-0.4, -0.2) is 31.2 Å². The Morgan fingerprint density at radius 3 is 2.70 bits per heavy atom. The van der Waals surface area contributed by atoms with Gasteiger partial charge in [-0.25, -0.2) is 24.1 Å². The number of aromatic amines is 1. The number of nitrogen functional groups attached to an aromatic ring is 1. The topological polar surface area (TPSA) is 134 Å². The standard InChI is InChI=1S/C19H16ClFN8O/c1-9(10-2-3-14(21)13(20)4-10)26-19(30)27-16-5-15-12(8-23-16)17(29-28-15)11-6-24-18(22)25-7-11/h2-9H,1H3,(H,28,29)(H2,22,24,25)(H2,23,26,27,30)/t9-/m1/s1. The fourth-order valence-corrected chi connectivity index (χ4v) is 3.06. The van der Waals surface area contributed by atoms with Gasteiger partial charge in [-0.2, -0.15) is 5.10 Å². The monoisotopic (exact) mass is 426 g/mol. The number of nitrogens with zero attached hydrogens (tertiary/aromatic N) is 4. The van der Waals surface area contributed by atoms with Gasteiger partial charge in [0.15, 0.2) is 0 Å². The summed E-state index contributed by atoms with van der Waals surface area (Å²) in [5, 5.41) is 13.3. The molecule has 0 saturated heterocycles. The van der Waals surface area contributed by atoms with Crippen molar-refractivity contribution in [2.24, 2.45) is 0 Å². The van der Waals surface area contributed by atoms with E-state index < -0.39 is 17.9 Å². The van der Waals surface area contributed by atoms with Crippen LogP contribution in [0, 0.1) is 5.82 Å². The summed E-state index contributed by atoms with van der Waals surface area (Å²) in [7, 11) is 0. The van der Waals surface area contributed by atoms with Crippen molar-refractivity contribution in [2.75, 3.05) is 11.1 Å². The minimum Gasteiger partial charge on any atom is -0.368 e. The van der Waals surface area contributed by atoms with E-state index in [-0.39, 0.29) is 11.0 Å². The number of benzene rings is 1. The lowest BCUT2D eigenvalue weighted by atomic mass is 10.1. The van der Waals surface area contributed by atoms with Crippen molar-refractivity contribution < 1.29 is 9.18 Å². The molecule has 30 heavy (non-hydrogen) atoms. The fraction of sp³-hybridized carbons (Fsp3) is 0.105. The van der Waals surface area contributed by atoms with Crippen LogP contribution < -0.4 is 16.4 Å². The van der Waals surface area contributed by atoms with E-state index in [0.29, 0.717) is 28.2 Å². The lowest BCUT2D eigenvalue weighted by molar-refractivity contribution is 0.249. The summed E-state index contributed by atoms with van der Waals surface area (Å²) in [6, 6.07) is 5.08. The van der Waals surface area contributed by atoms with Gasteiger partial charge in [0.2, 0.25) is 5.95 Å². The maximum absolute atomic E-state index is 13.3. The van der Waals surface area contributed by atoms with Gasteiger partial charge < -0.3 is 11.1 Å². The van der Waals surface area contributed by atoms with Crippen molar-refractivity contribution in [2.45, 2.75) is 13.0 Å². The van der Waals surface area contributed by atoms with Crippen LogP contribution in [0.3, 0.4) is 0 Å². The van der Waals surface area contributed by atoms with E-state index in [1.807, 2.05) is 0 Å². The average Bonchev–Trinajstić information content (AvgIpc) is 3.13. The molecule has 3 aromatic heterocycles. The van der Waals surface area contributed by atoms with Crippen molar-refractivity contribution in [1.82, 2.24) is 30.5 Å². The number of urea groups is 1. The van der Waals surface area contributed by atoms with E-state index in [4.69, 9.17) is 17.3 Å². The van der Waals surface area contributed by atoms with E-state index in [1.54, 1.807) is 37.6 Å². The molecule has 11 heteroatoms. The number of hydrogen-bond donors (Lipinski definition) is 4. The molecule has 1 atom stereocenters. The van der Waals surface area contributed by atoms with Gasteiger partial charge in [0, 0.05) is 35.6 Å². The number of nitrogens with two attached hydrogens (primary N) is 1. The van der Waals surface area contributed by atoms with Crippen LogP contribution in [0.1, 0.15) is 18.5 Å². The molecule has 0 unspecified atom stereocenters. The fourth-order valence-electron chi connectivity index (χ4n) is 2.88. The van der Waals surface area contributed by atoms with Crippen LogP contribution in [-0.2, 0) is 0 Å². The minimum absolute atomic E-state index is 0.00442. The summed E-state index contributed by atoms with van der Waals surface area (Å²) in [6.07, 6.45) is 4.73. The number of hydrogen-bond acceptors (Lipinski definition) is 6. The number of amides is 2. The third-order valence-electron chi connectivity index (χ3n) is 4.43. The molecule has 0 radical (unpaired) electrons. The zero-order valence-electron chi connectivity index (χ0n) is 15.6. The van der Waals surface area contributed by atoms with Gasteiger partial charge in [-0.1, -0.05) is 17.7 Å². The second-order valence-corrected chi connectivity index (χ2v) is 6.92. The lowest BCUT2D eigenvalue weighted by Crippen LogP contribution is -2.31. The van der Waals surface area contributed by atoms with Gasteiger partial charge in [-0.3, -0.25) is 10.4 Å². The normalized spacial score (nSPS) is 12.0. The summed E-state index contributed by atoms with van der Waals surface area (Å²) in [5.74, 6) is -0.0153. The highest BCUT2D eigenvalue weighted by molar-refractivity contribution is 6.30. The molecule has 3 heterocycles. The number of aromatic nitrogens is 5. The predicted molar refractivity (Wildman–Crippen MR) is 111 cm³/mol. The highest BCUT2D eigenvalue weighted by Gasteiger charge is 2.14. The number of pyridine rings is 1. The third-order valence-corrected chi connectivity index (χ3v) is 4.71. The van der Waals surface area contributed by atoms with E-state index in [1.165, 1.54) is 12.1 Å². The van der Waals surface area contributed by atoms with Gasteiger partial charge in [0.05, 0.1) is 16.6 Å². The van der Waals surface area contributed by atoms with E-state index >= 15 is 0 Å². The number of carbonyl (C=O) groups is 1. The first-order valence-electron chi connectivity index (χ1n) is 8.85. The molecule has 152 valence electrons. The minimum atomic E-state index is -0.515. The first kappa shape index (κ1) is 19.5. The molecular formula is C19H16ClFN8O. The highest BCUT2D eigenvalue weighted by atomic mass is 35.5. The molecule has 4 rings (SSSR count). The molecule has 0 aliphatic rings. The van der Waals surface area contributed by atoms with Gasteiger partial charge in [0.1, 0.15) is 17.3 Å². The summed E-state index contributed by atoms with van der Waals surface area (Å²) in [6.45, 7) is 1.76. The Morgan fingerprint density at radius 2 is 1.97 bits per heavy atom. The van der Waals surface area contributed by atoms with Crippen LogP contribution in [0.2, 0.25) is 5.02 Å². The smallest absolute Gasteiger partial charge is 0.320 e. The van der Waals surface area contributed by atoms with Gasteiger partial charge in [-0.15, -0.1) is 0 Å². The van der Waals surface area contributed by atoms with Crippen molar-refractivity contribution >= 4 is 40.3 Å². The Hall–Kier alpha value is -3.79. The average molecular weight is 427 g/mol. The number of fused-ring (bicyclic) bond motifs is 1. The maximum atomic E-state index is 13.3. The van der Waals surface area contributed by atoms with E-state index in [0.717, 1.165) is 5.39 Å². The van der Waals surface area contributed by atoms with E-state index in [2.05, 4.69) is 35.8 Å². The SMILES string of the molecule is C[C@@H](NC(=O)Nc1cc2[nH]nc(-c3cnc(N)nc3)c2cn1)c1ccc(F)c(Cl)c1.